The van der Waals surface area contributed by atoms with E-state index in [9.17, 15) is 4.79 Å². The summed E-state index contributed by atoms with van der Waals surface area (Å²) in [5, 5.41) is 9.01. The fraction of sp³-hybridized carbons (Fsp3) is 0.429. The van der Waals surface area contributed by atoms with E-state index < -0.39 is 0 Å². The van der Waals surface area contributed by atoms with Crippen LogP contribution in [0.3, 0.4) is 0 Å². The van der Waals surface area contributed by atoms with E-state index in [2.05, 4.69) is 6.07 Å². The second-order valence-corrected chi connectivity index (χ2v) is 5.67. The zero-order valence-corrected chi connectivity index (χ0v) is 11.1. The lowest BCUT2D eigenvalue weighted by molar-refractivity contribution is -0.141. The zero-order chi connectivity index (χ0) is 13.0. The Morgan fingerprint density at radius 3 is 2.83 bits per heavy atom. The molecule has 0 atom stereocenters. The molecule has 18 heavy (non-hydrogen) atoms. The molecule has 2 rings (SSSR count). The molecular weight excluding hydrogens is 246 g/mol. The fourth-order valence-electron chi connectivity index (χ4n) is 1.84. The molecule has 0 amide bonds. The monoisotopic (exact) mass is 261 g/mol. The molecule has 1 fully saturated rings. The third-order valence-electron chi connectivity index (χ3n) is 3.25. The first-order valence-corrected chi connectivity index (χ1v) is 6.86. The van der Waals surface area contributed by atoms with Crippen molar-refractivity contribution in [3.63, 3.8) is 0 Å². The Morgan fingerprint density at radius 2 is 2.22 bits per heavy atom. The summed E-state index contributed by atoms with van der Waals surface area (Å²) in [6.45, 7) is 0. The van der Waals surface area contributed by atoms with Crippen molar-refractivity contribution in [1.29, 1.82) is 5.26 Å². The molecular formula is C14H15NO2S. The molecule has 0 bridgehead atoms. The SMILES string of the molecule is COC(=O)CC1(CSc2ccccc2C#N)CC1. The van der Waals surface area contributed by atoms with E-state index in [-0.39, 0.29) is 11.4 Å². The number of hydrogen-bond donors (Lipinski definition) is 0. The lowest BCUT2D eigenvalue weighted by atomic mass is 10.1. The van der Waals surface area contributed by atoms with Crippen LogP contribution in [0.4, 0.5) is 0 Å². The van der Waals surface area contributed by atoms with Crippen molar-refractivity contribution in [3.8, 4) is 6.07 Å². The van der Waals surface area contributed by atoms with Crippen LogP contribution in [0, 0.1) is 16.7 Å². The van der Waals surface area contributed by atoms with Gasteiger partial charge in [-0.2, -0.15) is 5.26 Å². The van der Waals surface area contributed by atoms with Gasteiger partial charge in [0.05, 0.1) is 19.1 Å². The third kappa shape index (κ3) is 3.05. The summed E-state index contributed by atoms with van der Waals surface area (Å²) in [6.07, 6.45) is 2.64. The van der Waals surface area contributed by atoms with Crippen LogP contribution in [0.1, 0.15) is 24.8 Å². The highest BCUT2D eigenvalue weighted by molar-refractivity contribution is 7.99. The molecule has 0 N–H and O–H groups in total. The summed E-state index contributed by atoms with van der Waals surface area (Å²) in [5.41, 5.74) is 0.803. The lowest BCUT2D eigenvalue weighted by Crippen LogP contribution is -2.13. The van der Waals surface area contributed by atoms with Gasteiger partial charge in [-0.25, -0.2) is 0 Å². The van der Waals surface area contributed by atoms with Gasteiger partial charge in [-0.15, -0.1) is 11.8 Å². The molecule has 0 aromatic heterocycles. The Kier molecular flexibility index (Phi) is 3.93. The molecule has 94 valence electrons. The van der Waals surface area contributed by atoms with E-state index in [1.54, 1.807) is 11.8 Å². The van der Waals surface area contributed by atoms with Crippen LogP contribution >= 0.6 is 11.8 Å². The van der Waals surface area contributed by atoms with E-state index in [1.807, 2.05) is 24.3 Å². The average molecular weight is 261 g/mol. The molecule has 0 saturated heterocycles. The van der Waals surface area contributed by atoms with Gasteiger partial charge in [-0.05, 0) is 30.4 Å². The number of benzene rings is 1. The molecule has 0 spiro atoms. The van der Waals surface area contributed by atoms with Gasteiger partial charge in [0.2, 0.25) is 0 Å². The maximum atomic E-state index is 11.3. The Bertz CT molecular complexity index is 489. The minimum absolute atomic E-state index is 0.0975. The van der Waals surface area contributed by atoms with E-state index >= 15 is 0 Å². The number of methoxy groups -OCH3 is 1. The summed E-state index contributed by atoms with van der Waals surface area (Å²) < 4.78 is 4.72. The van der Waals surface area contributed by atoms with Crippen molar-refractivity contribution in [3.05, 3.63) is 29.8 Å². The van der Waals surface area contributed by atoms with Crippen LogP contribution < -0.4 is 0 Å². The summed E-state index contributed by atoms with van der Waals surface area (Å²) in [6, 6.07) is 9.77. The maximum Gasteiger partial charge on any atom is 0.306 e. The number of rotatable bonds is 5. The average Bonchev–Trinajstić information content (AvgIpc) is 3.16. The van der Waals surface area contributed by atoms with Crippen LogP contribution in [-0.4, -0.2) is 18.8 Å². The Balaban J connectivity index is 1.96. The molecule has 0 unspecified atom stereocenters. The van der Waals surface area contributed by atoms with E-state index in [0.29, 0.717) is 12.0 Å². The van der Waals surface area contributed by atoms with Crippen molar-refractivity contribution < 1.29 is 9.53 Å². The molecule has 1 saturated carbocycles. The first-order chi connectivity index (χ1) is 8.69. The number of nitrogens with zero attached hydrogens (tertiary/aromatic N) is 1. The number of nitriles is 1. The predicted octanol–water partition coefficient (Wildman–Crippen LogP) is 2.99. The van der Waals surface area contributed by atoms with Crippen LogP contribution in [0.2, 0.25) is 0 Å². The standard InChI is InChI=1S/C14H15NO2S/c1-17-13(16)8-14(6-7-14)10-18-12-5-3-2-4-11(12)9-15/h2-5H,6-8,10H2,1H3. The fourth-order valence-corrected chi connectivity index (χ4v) is 3.14. The summed E-state index contributed by atoms with van der Waals surface area (Å²) in [5.74, 6) is 0.738. The van der Waals surface area contributed by atoms with Crippen LogP contribution in [-0.2, 0) is 9.53 Å². The minimum Gasteiger partial charge on any atom is -0.469 e. The Morgan fingerprint density at radius 1 is 1.50 bits per heavy atom. The van der Waals surface area contributed by atoms with Crippen molar-refractivity contribution >= 4 is 17.7 Å². The van der Waals surface area contributed by atoms with Gasteiger partial charge in [-0.3, -0.25) is 4.79 Å². The van der Waals surface area contributed by atoms with E-state index in [4.69, 9.17) is 10.00 Å². The molecule has 1 aromatic carbocycles. The minimum atomic E-state index is -0.137. The highest BCUT2D eigenvalue weighted by Crippen LogP contribution is 2.52. The quantitative estimate of drug-likeness (QED) is 0.604. The van der Waals surface area contributed by atoms with Gasteiger partial charge in [-0.1, -0.05) is 12.1 Å². The second-order valence-electron chi connectivity index (χ2n) is 4.65. The molecule has 0 radical (unpaired) electrons. The first-order valence-electron chi connectivity index (χ1n) is 5.88. The second kappa shape index (κ2) is 5.45. The molecule has 1 aliphatic rings. The van der Waals surface area contributed by atoms with Crippen molar-refractivity contribution in [2.24, 2.45) is 5.41 Å². The van der Waals surface area contributed by atoms with Crippen LogP contribution in [0.5, 0.6) is 0 Å². The normalized spacial score (nSPS) is 15.8. The number of thioether (sulfide) groups is 1. The molecule has 3 nitrogen and oxygen atoms in total. The largest absolute Gasteiger partial charge is 0.469 e. The van der Waals surface area contributed by atoms with Crippen molar-refractivity contribution in [2.75, 3.05) is 12.9 Å². The van der Waals surface area contributed by atoms with Crippen molar-refractivity contribution in [2.45, 2.75) is 24.2 Å². The van der Waals surface area contributed by atoms with Gasteiger partial charge in [0.25, 0.3) is 0 Å². The molecule has 0 heterocycles. The van der Waals surface area contributed by atoms with Crippen molar-refractivity contribution in [1.82, 2.24) is 0 Å². The smallest absolute Gasteiger partial charge is 0.306 e. The summed E-state index contributed by atoms with van der Waals surface area (Å²) in [4.78, 5) is 12.3. The topological polar surface area (TPSA) is 50.1 Å². The number of hydrogen-bond acceptors (Lipinski definition) is 4. The van der Waals surface area contributed by atoms with Crippen LogP contribution in [0.15, 0.2) is 29.2 Å². The van der Waals surface area contributed by atoms with E-state index in [1.165, 1.54) is 7.11 Å². The van der Waals surface area contributed by atoms with Gasteiger partial charge >= 0.3 is 5.97 Å². The molecule has 4 heteroatoms. The predicted molar refractivity (Wildman–Crippen MR) is 70.2 cm³/mol. The number of ether oxygens (including phenoxy) is 1. The Labute approximate surface area is 111 Å². The summed E-state index contributed by atoms with van der Waals surface area (Å²) in [7, 11) is 1.43. The third-order valence-corrected chi connectivity index (χ3v) is 4.67. The zero-order valence-electron chi connectivity index (χ0n) is 10.3. The lowest BCUT2D eigenvalue weighted by Gasteiger charge is -2.13. The summed E-state index contributed by atoms with van der Waals surface area (Å²) >= 11 is 1.66. The number of carbonyl (C=O) groups is 1. The van der Waals surface area contributed by atoms with Gasteiger partial charge < -0.3 is 4.74 Å². The molecule has 1 aromatic rings. The molecule has 0 aliphatic heterocycles. The van der Waals surface area contributed by atoms with Gasteiger partial charge in [0.15, 0.2) is 0 Å². The first kappa shape index (κ1) is 13.0. The number of esters is 1. The van der Waals surface area contributed by atoms with Gasteiger partial charge in [0.1, 0.15) is 6.07 Å². The maximum absolute atomic E-state index is 11.3. The highest BCUT2D eigenvalue weighted by atomic mass is 32.2. The van der Waals surface area contributed by atoms with E-state index in [0.717, 1.165) is 23.5 Å². The van der Waals surface area contributed by atoms with Gasteiger partial charge in [0, 0.05) is 10.6 Å². The Hall–Kier alpha value is -1.47. The number of carbonyl (C=O) groups excluding carboxylic acids is 1. The van der Waals surface area contributed by atoms with Crippen LogP contribution in [0.25, 0.3) is 0 Å². The highest BCUT2D eigenvalue weighted by Gasteiger charge is 2.44. The molecule has 1 aliphatic carbocycles.